The van der Waals surface area contributed by atoms with Crippen LogP contribution in [0.3, 0.4) is 0 Å². The quantitative estimate of drug-likeness (QED) is 0.828. The molecule has 0 spiro atoms. The van der Waals surface area contributed by atoms with Gasteiger partial charge in [-0.2, -0.15) is 0 Å². The first kappa shape index (κ1) is 13.6. The first-order valence-electron chi connectivity index (χ1n) is 4.90. The molecular weight excluding hydrogens is 292 g/mol. The number of nitrogens with one attached hydrogen (secondary N) is 1. The lowest BCUT2D eigenvalue weighted by atomic mass is 10.3. The third-order valence-electron chi connectivity index (χ3n) is 1.98. The number of thiophene rings is 1. The van der Waals surface area contributed by atoms with E-state index < -0.39 is 6.04 Å². The van der Waals surface area contributed by atoms with Gasteiger partial charge >= 0.3 is 0 Å². The number of carbonyl (C=O) groups excluding carboxylic acids is 1. The van der Waals surface area contributed by atoms with Gasteiger partial charge in [-0.3, -0.25) is 4.79 Å². The lowest BCUT2D eigenvalue weighted by Gasteiger charge is -2.10. The number of nitrogens with two attached hydrogens (primary N) is 1. The fourth-order valence-corrected chi connectivity index (χ4v) is 2.66. The highest BCUT2D eigenvalue weighted by Gasteiger charge is 2.11. The summed E-state index contributed by atoms with van der Waals surface area (Å²) in [4.78, 5) is 12.6. The number of ether oxygens (including phenoxy) is 1. The van der Waals surface area contributed by atoms with E-state index in [9.17, 15) is 4.79 Å². The molecule has 0 bridgehead atoms. The Hall–Kier alpha value is -0.430. The minimum absolute atomic E-state index is 0.169. The maximum atomic E-state index is 11.4. The van der Waals surface area contributed by atoms with Crippen molar-refractivity contribution in [2.75, 3.05) is 20.3 Å². The maximum Gasteiger partial charge on any atom is 0.239 e. The molecule has 0 saturated carbocycles. The Bertz CT molecular complexity index is 343. The number of hydrogen-bond donors (Lipinski definition) is 2. The molecule has 0 saturated heterocycles. The average molecular weight is 307 g/mol. The SMILES string of the molecule is COCC(N)C(=O)NCCc1ccc(Br)s1. The van der Waals surface area contributed by atoms with E-state index in [1.54, 1.807) is 11.3 Å². The van der Waals surface area contributed by atoms with Crippen molar-refractivity contribution in [1.29, 1.82) is 0 Å². The first-order chi connectivity index (χ1) is 7.63. The Morgan fingerprint density at radius 1 is 1.69 bits per heavy atom. The molecule has 0 fully saturated rings. The molecule has 3 N–H and O–H groups in total. The van der Waals surface area contributed by atoms with Gasteiger partial charge in [0.2, 0.25) is 5.91 Å². The number of rotatable bonds is 6. The minimum atomic E-state index is -0.583. The third kappa shape index (κ3) is 4.61. The number of carbonyl (C=O) groups is 1. The highest BCUT2D eigenvalue weighted by atomic mass is 79.9. The fourth-order valence-electron chi connectivity index (χ4n) is 1.18. The van der Waals surface area contributed by atoms with E-state index in [1.165, 1.54) is 12.0 Å². The number of halogens is 1. The van der Waals surface area contributed by atoms with Crippen LogP contribution in [0, 0.1) is 0 Å². The van der Waals surface area contributed by atoms with E-state index in [0.29, 0.717) is 6.54 Å². The maximum absolute atomic E-state index is 11.4. The average Bonchev–Trinajstić information content (AvgIpc) is 2.64. The van der Waals surface area contributed by atoms with E-state index in [-0.39, 0.29) is 12.5 Å². The van der Waals surface area contributed by atoms with Crippen molar-refractivity contribution in [1.82, 2.24) is 5.32 Å². The third-order valence-corrected chi connectivity index (χ3v) is 3.67. The smallest absolute Gasteiger partial charge is 0.239 e. The van der Waals surface area contributed by atoms with Crippen LogP contribution in [-0.4, -0.2) is 32.2 Å². The van der Waals surface area contributed by atoms with Crippen molar-refractivity contribution in [3.05, 3.63) is 20.8 Å². The molecule has 90 valence electrons. The van der Waals surface area contributed by atoms with Crippen molar-refractivity contribution in [3.8, 4) is 0 Å². The van der Waals surface area contributed by atoms with Gasteiger partial charge in [-0.25, -0.2) is 0 Å². The van der Waals surface area contributed by atoms with Crippen molar-refractivity contribution in [2.45, 2.75) is 12.5 Å². The minimum Gasteiger partial charge on any atom is -0.383 e. The Kier molecular flexibility index (Phi) is 5.97. The van der Waals surface area contributed by atoms with Crippen molar-refractivity contribution >= 4 is 33.2 Å². The number of amides is 1. The van der Waals surface area contributed by atoms with Gasteiger partial charge in [-0.15, -0.1) is 11.3 Å². The van der Waals surface area contributed by atoms with Gasteiger partial charge in [0.05, 0.1) is 10.4 Å². The van der Waals surface area contributed by atoms with Crippen LogP contribution in [0.25, 0.3) is 0 Å². The van der Waals surface area contributed by atoms with Gasteiger partial charge in [-0.1, -0.05) is 0 Å². The summed E-state index contributed by atoms with van der Waals surface area (Å²) in [5.74, 6) is -0.169. The lowest BCUT2D eigenvalue weighted by Crippen LogP contribution is -2.44. The van der Waals surface area contributed by atoms with Crippen LogP contribution in [0.1, 0.15) is 4.88 Å². The van der Waals surface area contributed by atoms with E-state index in [0.717, 1.165) is 10.2 Å². The fraction of sp³-hybridized carbons (Fsp3) is 0.500. The van der Waals surface area contributed by atoms with Crippen LogP contribution in [0.2, 0.25) is 0 Å². The standard InChI is InChI=1S/C10H15BrN2O2S/c1-15-6-8(12)10(14)13-5-4-7-2-3-9(11)16-7/h2-3,8H,4-6,12H2,1H3,(H,13,14). The predicted molar refractivity (Wildman–Crippen MR) is 68.6 cm³/mol. The van der Waals surface area contributed by atoms with Crippen LogP contribution in [-0.2, 0) is 16.0 Å². The summed E-state index contributed by atoms with van der Waals surface area (Å²) in [6.45, 7) is 0.847. The van der Waals surface area contributed by atoms with E-state index in [2.05, 4.69) is 21.2 Å². The molecule has 1 rings (SSSR count). The zero-order valence-corrected chi connectivity index (χ0v) is 11.4. The lowest BCUT2D eigenvalue weighted by molar-refractivity contribution is -0.123. The molecule has 1 aromatic heterocycles. The molecule has 1 amide bonds. The van der Waals surface area contributed by atoms with Gasteiger partial charge in [-0.05, 0) is 34.5 Å². The van der Waals surface area contributed by atoms with Gasteiger partial charge in [0.15, 0.2) is 0 Å². The van der Waals surface area contributed by atoms with Gasteiger partial charge in [0.25, 0.3) is 0 Å². The van der Waals surface area contributed by atoms with E-state index >= 15 is 0 Å². The Balaban J connectivity index is 2.22. The zero-order valence-electron chi connectivity index (χ0n) is 9.03. The Morgan fingerprint density at radius 3 is 3.00 bits per heavy atom. The summed E-state index contributed by atoms with van der Waals surface area (Å²) < 4.78 is 5.90. The number of methoxy groups -OCH3 is 1. The van der Waals surface area contributed by atoms with Crippen molar-refractivity contribution in [3.63, 3.8) is 0 Å². The van der Waals surface area contributed by atoms with Crippen molar-refractivity contribution < 1.29 is 9.53 Å². The zero-order chi connectivity index (χ0) is 12.0. The second-order valence-corrected chi connectivity index (χ2v) is 5.86. The van der Waals surface area contributed by atoms with E-state index in [4.69, 9.17) is 10.5 Å². The summed E-state index contributed by atoms with van der Waals surface area (Å²) in [7, 11) is 1.52. The molecule has 6 heteroatoms. The summed E-state index contributed by atoms with van der Waals surface area (Å²) in [5, 5.41) is 2.77. The molecule has 0 radical (unpaired) electrons. The molecule has 1 aromatic rings. The molecule has 4 nitrogen and oxygen atoms in total. The van der Waals surface area contributed by atoms with Crippen LogP contribution < -0.4 is 11.1 Å². The van der Waals surface area contributed by atoms with Gasteiger partial charge in [0, 0.05) is 18.5 Å². The molecule has 16 heavy (non-hydrogen) atoms. The molecule has 0 aliphatic heterocycles. The number of hydrogen-bond acceptors (Lipinski definition) is 4. The second kappa shape index (κ2) is 7.01. The highest BCUT2D eigenvalue weighted by molar-refractivity contribution is 9.11. The summed E-state index contributed by atoms with van der Waals surface area (Å²) in [5.41, 5.74) is 5.57. The Labute approximate surface area is 107 Å². The van der Waals surface area contributed by atoms with Crippen LogP contribution in [0.15, 0.2) is 15.9 Å². The second-order valence-electron chi connectivity index (χ2n) is 3.31. The van der Waals surface area contributed by atoms with Crippen molar-refractivity contribution in [2.24, 2.45) is 5.73 Å². The van der Waals surface area contributed by atoms with Crippen LogP contribution in [0.4, 0.5) is 0 Å². The summed E-state index contributed by atoms with van der Waals surface area (Å²) in [6, 6.07) is 3.45. The predicted octanol–water partition coefficient (Wildman–Crippen LogP) is 1.14. The molecule has 1 atom stereocenters. The van der Waals surface area contributed by atoms with E-state index in [1.807, 2.05) is 12.1 Å². The van der Waals surface area contributed by atoms with Crippen LogP contribution >= 0.6 is 27.3 Å². The normalized spacial score (nSPS) is 12.4. The largest absolute Gasteiger partial charge is 0.383 e. The summed E-state index contributed by atoms with van der Waals surface area (Å²) >= 11 is 5.06. The van der Waals surface area contributed by atoms with Crippen LogP contribution in [0.5, 0.6) is 0 Å². The Morgan fingerprint density at radius 2 is 2.44 bits per heavy atom. The van der Waals surface area contributed by atoms with Gasteiger partial charge in [0.1, 0.15) is 6.04 Å². The monoisotopic (exact) mass is 306 g/mol. The highest BCUT2D eigenvalue weighted by Crippen LogP contribution is 2.21. The molecule has 0 aromatic carbocycles. The molecule has 1 unspecified atom stereocenters. The topological polar surface area (TPSA) is 64.3 Å². The molecule has 0 aliphatic carbocycles. The summed E-state index contributed by atoms with van der Waals surface area (Å²) in [6.07, 6.45) is 0.821. The first-order valence-corrected chi connectivity index (χ1v) is 6.51. The molecule has 0 aliphatic rings. The molecular formula is C10H15BrN2O2S. The van der Waals surface area contributed by atoms with Gasteiger partial charge < -0.3 is 15.8 Å². The molecule has 1 heterocycles.